The lowest BCUT2D eigenvalue weighted by molar-refractivity contribution is 0.0538. The Labute approximate surface area is 139 Å². The van der Waals surface area contributed by atoms with Crippen molar-refractivity contribution in [2.45, 2.75) is 52.2 Å². The van der Waals surface area contributed by atoms with Crippen molar-refractivity contribution in [1.29, 1.82) is 0 Å². The summed E-state index contributed by atoms with van der Waals surface area (Å²) in [5, 5.41) is 9.50. The summed E-state index contributed by atoms with van der Waals surface area (Å²) in [5.74, 6) is -1.05. The van der Waals surface area contributed by atoms with Crippen LogP contribution in [0, 0.1) is 6.92 Å². The van der Waals surface area contributed by atoms with Gasteiger partial charge in [0, 0.05) is 6.61 Å². The lowest BCUT2D eigenvalue weighted by Crippen LogP contribution is -2.41. The topological polar surface area (TPSA) is 89.0 Å². The van der Waals surface area contributed by atoms with E-state index < -0.39 is 17.7 Å². The largest absolute Gasteiger partial charge is 0.477 e. The molecule has 0 saturated carbocycles. The van der Waals surface area contributed by atoms with Crippen molar-refractivity contribution in [3.8, 4) is 0 Å². The smallest absolute Gasteiger partial charge is 0.416 e. The number of aryl methyl sites for hydroxylation is 1. The highest BCUT2D eigenvalue weighted by atomic mass is 32.1. The summed E-state index contributed by atoms with van der Waals surface area (Å²) in [4.78, 5) is 29.5. The number of anilines is 1. The number of amides is 1. The maximum atomic E-state index is 12.5. The number of nitrogens with zero attached hydrogens (tertiary/aromatic N) is 2. The average Bonchev–Trinajstić information content (AvgIpc) is 3.02. The van der Waals surface area contributed by atoms with Gasteiger partial charge in [0.05, 0.1) is 18.3 Å². The fourth-order valence-corrected chi connectivity index (χ4v) is 3.14. The molecular formula is C15H22N2O5S. The number of carboxylic acid groups (broad SMARTS) is 1. The number of thiazole rings is 1. The van der Waals surface area contributed by atoms with Gasteiger partial charge in [-0.25, -0.2) is 14.6 Å². The molecule has 7 nitrogen and oxygen atoms in total. The summed E-state index contributed by atoms with van der Waals surface area (Å²) in [6, 6.07) is 0. The van der Waals surface area contributed by atoms with E-state index in [1.54, 1.807) is 27.7 Å². The highest BCUT2D eigenvalue weighted by Gasteiger charge is 2.30. The molecule has 1 aliphatic rings. The Morgan fingerprint density at radius 1 is 1.48 bits per heavy atom. The molecule has 8 heteroatoms. The van der Waals surface area contributed by atoms with Crippen LogP contribution >= 0.6 is 11.3 Å². The Hall–Kier alpha value is -1.67. The van der Waals surface area contributed by atoms with E-state index in [-0.39, 0.29) is 11.0 Å². The summed E-state index contributed by atoms with van der Waals surface area (Å²) in [6.45, 7) is 7.94. The lowest BCUT2D eigenvalue weighted by atomic mass is 10.2. The number of aromatic carboxylic acids is 1. The second kappa shape index (κ2) is 6.84. The van der Waals surface area contributed by atoms with Gasteiger partial charge in [0.25, 0.3) is 0 Å². The van der Waals surface area contributed by atoms with Crippen LogP contribution in [0.1, 0.15) is 49.0 Å². The van der Waals surface area contributed by atoms with Crippen molar-refractivity contribution < 1.29 is 24.2 Å². The summed E-state index contributed by atoms with van der Waals surface area (Å²) >= 11 is 0.972. The molecule has 1 fully saturated rings. The Morgan fingerprint density at radius 2 is 2.17 bits per heavy atom. The number of hydrogen-bond acceptors (Lipinski definition) is 6. The Kier molecular flexibility index (Phi) is 5.26. The first-order valence-electron chi connectivity index (χ1n) is 7.50. The van der Waals surface area contributed by atoms with E-state index in [4.69, 9.17) is 9.47 Å². The maximum absolute atomic E-state index is 12.5. The molecule has 1 amide bonds. The molecule has 0 aromatic carbocycles. The Bertz CT molecular complexity index is 587. The van der Waals surface area contributed by atoms with Gasteiger partial charge in [-0.2, -0.15) is 0 Å². The van der Waals surface area contributed by atoms with Gasteiger partial charge >= 0.3 is 12.1 Å². The van der Waals surface area contributed by atoms with E-state index in [0.29, 0.717) is 24.0 Å². The number of carbonyl (C=O) groups excluding carboxylic acids is 1. The van der Waals surface area contributed by atoms with Gasteiger partial charge in [0.1, 0.15) is 10.5 Å². The van der Waals surface area contributed by atoms with Gasteiger partial charge in [-0.3, -0.25) is 4.90 Å². The highest BCUT2D eigenvalue weighted by Crippen LogP contribution is 2.29. The van der Waals surface area contributed by atoms with Crippen LogP contribution in [0.2, 0.25) is 0 Å². The van der Waals surface area contributed by atoms with E-state index >= 15 is 0 Å². The van der Waals surface area contributed by atoms with Crippen LogP contribution in [-0.4, -0.2) is 47.0 Å². The van der Waals surface area contributed by atoms with Crippen molar-refractivity contribution >= 4 is 28.5 Å². The third-order valence-corrected chi connectivity index (χ3v) is 4.40. The quantitative estimate of drug-likeness (QED) is 0.904. The minimum atomic E-state index is -1.05. The molecule has 1 aromatic heterocycles. The molecule has 0 spiro atoms. The number of hydrogen-bond donors (Lipinski definition) is 1. The molecule has 0 bridgehead atoms. The fraction of sp³-hybridized carbons (Fsp3) is 0.667. The van der Waals surface area contributed by atoms with Gasteiger partial charge < -0.3 is 14.6 Å². The first kappa shape index (κ1) is 17.7. The van der Waals surface area contributed by atoms with Gasteiger partial charge in [-0.15, -0.1) is 0 Å². The minimum Gasteiger partial charge on any atom is -0.477 e. The number of carboxylic acids is 1. The van der Waals surface area contributed by atoms with Crippen LogP contribution in [-0.2, 0) is 9.47 Å². The van der Waals surface area contributed by atoms with Crippen molar-refractivity contribution in [1.82, 2.24) is 4.98 Å². The van der Waals surface area contributed by atoms with Crippen molar-refractivity contribution in [3.63, 3.8) is 0 Å². The normalized spacial score (nSPS) is 18.0. The fourth-order valence-electron chi connectivity index (χ4n) is 2.24. The molecule has 128 valence electrons. The molecule has 2 rings (SSSR count). The molecule has 1 N–H and O–H groups in total. The number of rotatable bonds is 4. The summed E-state index contributed by atoms with van der Waals surface area (Å²) in [7, 11) is 0. The van der Waals surface area contributed by atoms with Gasteiger partial charge in [-0.05, 0) is 40.5 Å². The van der Waals surface area contributed by atoms with Gasteiger partial charge in [0.15, 0.2) is 5.13 Å². The molecule has 1 aliphatic heterocycles. The van der Waals surface area contributed by atoms with Crippen LogP contribution in [0.4, 0.5) is 9.93 Å². The van der Waals surface area contributed by atoms with Crippen LogP contribution in [0.25, 0.3) is 0 Å². The molecule has 1 atom stereocenters. The van der Waals surface area contributed by atoms with Gasteiger partial charge in [0.2, 0.25) is 0 Å². The van der Waals surface area contributed by atoms with Crippen LogP contribution < -0.4 is 4.90 Å². The van der Waals surface area contributed by atoms with Crippen molar-refractivity contribution in [2.75, 3.05) is 18.1 Å². The van der Waals surface area contributed by atoms with E-state index in [2.05, 4.69) is 4.98 Å². The highest BCUT2D eigenvalue weighted by molar-refractivity contribution is 7.17. The Morgan fingerprint density at radius 3 is 2.65 bits per heavy atom. The molecule has 1 unspecified atom stereocenters. The zero-order valence-electron chi connectivity index (χ0n) is 13.8. The summed E-state index contributed by atoms with van der Waals surface area (Å²) < 4.78 is 11.0. The van der Waals surface area contributed by atoms with E-state index in [0.717, 1.165) is 24.2 Å². The number of ether oxygens (including phenoxy) is 2. The molecule has 1 saturated heterocycles. The molecule has 23 heavy (non-hydrogen) atoms. The van der Waals surface area contributed by atoms with E-state index in [9.17, 15) is 14.7 Å². The molecule has 0 radical (unpaired) electrons. The molecule has 1 aromatic rings. The SMILES string of the molecule is Cc1nc(N(CC2CCCO2)C(=O)OC(C)(C)C)sc1C(=O)O. The van der Waals surface area contributed by atoms with Crippen LogP contribution in [0.5, 0.6) is 0 Å². The van der Waals surface area contributed by atoms with Crippen molar-refractivity contribution in [3.05, 3.63) is 10.6 Å². The van der Waals surface area contributed by atoms with Crippen LogP contribution in [0.3, 0.4) is 0 Å². The lowest BCUT2D eigenvalue weighted by Gasteiger charge is -2.27. The molecule has 0 aliphatic carbocycles. The summed E-state index contributed by atoms with van der Waals surface area (Å²) in [6.07, 6.45) is 1.18. The standard InChI is InChI=1S/C15H22N2O5S/c1-9-11(12(18)19)23-13(16-9)17(8-10-6-5-7-21-10)14(20)22-15(2,3)4/h10H,5-8H2,1-4H3,(H,18,19). The third kappa shape index (κ3) is 4.65. The van der Waals surface area contributed by atoms with E-state index in [1.807, 2.05) is 0 Å². The predicted molar refractivity (Wildman–Crippen MR) is 86.4 cm³/mol. The number of aromatic nitrogens is 1. The molecular weight excluding hydrogens is 320 g/mol. The maximum Gasteiger partial charge on any atom is 0.416 e. The average molecular weight is 342 g/mol. The van der Waals surface area contributed by atoms with E-state index in [1.165, 1.54) is 4.90 Å². The number of carbonyl (C=O) groups is 2. The zero-order chi connectivity index (χ0) is 17.2. The van der Waals surface area contributed by atoms with Crippen molar-refractivity contribution in [2.24, 2.45) is 0 Å². The summed E-state index contributed by atoms with van der Waals surface area (Å²) in [5.41, 5.74) is -0.258. The molecule has 2 heterocycles. The predicted octanol–water partition coefficient (Wildman–Crippen LogP) is 3.07. The monoisotopic (exact) mass is 342 g/mol. The first-order chi connectivity index (χ1) is 10.7. The van der Waals surface area contributed by atoms with Crippen LogP contribution in [0.15, 0.2) is 0 Å². The first-order valence-corrected chi connectivity index (χ1v) is 8.32. The second-order valence-corrected chi connectivity index (χ2v) is 7.42. The van der Waals surface area contributed by atoms with Gasteiger partial charge in [-0.1, -0.05) is 11.3 Å². The second-order valence-electron chi connectivity index (χ2n) is 6.44. The third-order valence-electron chi connectivity index (χ3n) is 3.23. The Balaban J connectivity index is 2.26. The zero-order valence-corrected chi connectivity index (χ0v) is 14.6. The minimum absolute atomic E-state index is 0.0833.